The van der Waals surface area contributed by atoms with Crippen molar-refractivity contribution in [3.8, 4) is 44.5 Å². The van der Waals surface area contributed by atoms with E-state index >= 15 is 0 Å². The van der Waals surface area contributed by atoms with Crippen molar-refractivity contribution in [2.45, 2.75) is 55.4 Å². The molecule has 0 atom stereocenters. The molecule has 0 fully saturated rings. The Labute approximate surface area is 363 Å². The molecular weight excluding hydrogens is 745 g/mol. The van der Waals surface area contributed by atoms with Crippen LogP contribution in [0, 0.1) is 55.4 Å². The van der Waals surface area contributed by atoms with E-state index in [1.54, 1.807) is 0 Å². The molecule has 0 nitrogen and oxygen atoms in total. The van der Waals surface area contributed by atoms with E-state index in [0.717, 1.165) is 0 Å². The van der Waals surface area contributed by atoms with Gasteiger partial charge in [-0.3, -0.25) is 0 Å². The van der Waals surface area contributed by atoms with Crippen LogP contribution in [-0.2, 0) is 0 Å². The summed E-state index contributed by atoms with van der Waals surface area (Å²) in [7, 11) is 0. The minimum absolute atomic E-state index is 1.28. The van der Waals surface area contributed by atoms with Gasteiger partial charge >= 0.3 is 0 Å². The SMILES string of the molecule is Cc1cccc(C)c1-c1ccc2c(c1)c1cc3c(cc4c5cc(-c6c(C)cccc6C)ccc5c5c(-c6c(C)cccc6C)ccc3c45)c3cc(-c4c(C)cccc4C)cc2c13. The number of benzene rings is 10. The zero-order valence-electron chi connectivity index (χ0n) is 36.9. The van der Waals surface area contributed by atoms with Crippen molar-refractivity contribution < 1.29 is 0 Å². The summed E-state index contributed by atoms with van der Waals surface area (Å²) in [5.74, 6) is 0. The molecule has 0 radical (unpaired) electrons. The minimum atomic E-state index is 1.28. The third kappa shape index (κ3) is 5.07. The van der Waals surface area contributed by atoms with E-state index < -0.39 is 0 Å². The highest BCUT2D eigenvalue weighted by Gasteiger charge is 2.24. The van der Waals surface area contributed by atoms with Gasteiger partial charge in [0.15, 0.2) is 0 Å². The van der Waals surface area contributed by atoms with Crippen LogP contribution in [0.25, 0.3) is 120 Å². The normalized spacial score (nSPS) is 12.2. The van der Waals surface area contributed by atoms with Crippen LogP contribution in [-0.4, -0.2) is 0 Å². The molecule has 12 rings (SSSR count). The maximum absolute atomic E-state index is 2.57. The molecule has 296 valence electrons. The predicted molar refractivity (Wildman–Crippen MR) is 271 cm³/mol. The van der Waals surface area contributed by atoms with Gasteiger partial charge in [-0.1, -0.05) is 109 Å². The molecular formula is C62H48. The fourth-order valence-electron chi connectivity index (χ4n) is 11.9. The quantitative estimate of drug-likeness (QED) is 0.156. The van der Waals surface area contributed by atoms with Gasteiger partial charge in [-0.25, -0.2) is 0 Å². The van der Waals surface area contributed by atoms with Gasteiger partial charge in [0.2, 0.25) is 0 Å². The van der Waals surface area contributed by atoms with Crippen LogP contribution in [0.2, 0.25) is 0 Å². The molecule has 0 N–H and O–H groups in total. The van der Waals surface area contributed by atoms with Crippen LogP contribution in [0.15, 0.2) is 146 Å². The first-order valence-corrected chi connectivity index (χ1v) is 22.2. The lowest BCUT2D eigenvalue weighted by molar-refractivity contribution is 1.38. The summed E-state index contributed by atoms with van der Waals surface area (Å²) >= 11 is 0. The number of aryl methyl sites for hydroxylation is 8. The number of hydrogen-bond acceptors (Lipinski definition) is 0. The number of fused-ring (bicyclic) bond motifs is 9. The maximum Gasteiger partial charge on any atom is -0.00137 e. The molecule has 0 aliphatic heterocycles. The third-order valence-corrected chi connectivity index (χ3v) is 14.6. The van der Waals surface area contributed by atoms with Crippen LogP contribution in [0.4, 0.5) is 0 Å². The second-order valence-electron chi connectivity index (χ2n) is 18.4. The lowest BCUT2D eigenvalue weighted by Crippen LogP contribution is -1.90. The van der Waals surface area contributed by atoms with E-state index in [1.807, 2.05) is 0 Å². The van der Waals surface area contributed by atoms with E-state index in [4.69, 9.17) is 0 Å². The van der Waals surface area contributed by atoms with Gasteiger partial charge in [0.25, 0.3) is 0 Å². The van der Waals surface area contributed by atoms with Gasteiger partial charge < -0.3 is 0 Å². The first-order valence-electron chi connectivity index (χ1n) is 22.2. The Balaban J connectivity index is 1.28. The molecule has 12 aromatic rings. The van der Waals surface area contributed by atoms with Gasteiger partial charge in [0, 0.05) is 0 Å². The van der Waals surface area contributed by atoms with Gasteiger partial charge in [-0.15, -0.1) is 0 Å². The van der Waals surface area contributed by atoms with Gasteiger partial charge in [-0.05, 0) is 256 Å². The van der Waals surface area contributed by atoms with Crippen LogP contribution >= 0.6 is 0 Å². The van der Waals surface area contributed by atoms with Crippen molar-refractivity contribution in [3.63, 3.8) is 0 Å². The van der Waals surface area contributed by atoms with Gasteiger partial charge in [0.1, 0.15) is 0 Å². The van der Waals surface area contributed by atoms with E-state index in [-0.39, 0.29) is 0 Å². The van der Waals surface area contributed by atoms with Crippen LogP contribution in [0.1, 0.15) is 44.5 Å². The molecule has 0 aromatic heterocycles. The van der Waals surface area contributed by atoms with Crippen molar-refractivity contribution in [2.75, 3.05) is 0 Å². The predicted octanol–water partition coefficient (Wildman–Crippen LogP) is 17.8. The third-order valence-electron chi connectivity index (χ3n) is 14.6. The zero-order valence-corrected chi connectivity index (χ0v) is 36.9. The Kier molecular flexibility index (Phi) is 7.86. The Hall–Kier alpha value is -7.02. The Morgan fingerprint density at radius 1 is 0.210 bits per heavy atom. The summed E-state index contributed by atoms with van der Waals surface area (Å²) in [6.45, 7) is 18.0. The molecule has 0 unspecified atom stereocenters. The van der Waals surface area contributed by atoms with Gasteiger partial charge in [0.05, 0.1) is 0 Å². The number of hydrogen-bond donors (Lipinski definition) is 0. The first kappa shape index (κ1) is 36.8. The molecule has 12 aromatic carbocycles. The molecule has 0 aliphatic carbocycles. The van der Waals surface area contributed by atoms with Crippen molar-refractivity contribution in [2.24, 2.45) is 0 Å². The molecule has 0 amide bonds. The summed E-state index contributed by atoms with van der Waals surface area (Å²) in [5.41, 5.74) is 21.0. The molecule has 0 heteroatoms. The second-order valence-corrected chi connectivity index (χ2v) is 18.4. The molecule has 0 saturated heterocycles. The summed E-state index contributed by atoms with van der Waals surface area (Å²) < 4.78 is 0. The summed E-state index contributed by atoms with van der Waals surface area (Å²) in [5, 5.41) is 18.7. The van der Waals surface area contributed by atoms with E-state index in [1.165, 1.54) is 164 Å². The Bertz CT molecular complexity index is 3790. The lowest BCUT2D eigenvalue weighted by atomic mass is 9.87. The Morgan fingerprint density at radius 2 is 0.532 bits per heavy atom. The minimum Gasteiger partial charge on any atom is -0.0617 e. The van der Waals surface area contributed by atoms with Crippen molar-refractivity contribution >= 4 is 75.4 Å². The van der Waals surface area contributed by atoms with E-state index in [2.05, 4.69) is 201 Å². The maximum atomic E-state index is 2.57. The van der Waals surface area contributed by atoms with Crippen molar-refractivity contribution in [1.82, 2.24) is 0 Å². The fraction of sp³-hybridized carbons (Fsp3) is 0.129. The van der Waals surface area contributed by atoms with Crippen molar-refractivity contribution in [3.05, 3.63) is 190 Å². The van der Waals surface area contributed by atoms with Gasteiger partial charge in [-0.2, -0.15) is 0 Å². The van der Waals surface area contributed by atoms with Crippen LogP contribution < -0.4 is 0 Å². The second kappa shape index (κ2) is 13.2. The highest BCUT2D eigenvalue weighted by Crippen LogP contribution is 2.52. The Morgan fingerprint density at radius 3 is 1.05 bits per heavy atom. The summed E-state index contributed by atoms with van der Waals surface area (Å²) in [6, 6.07) is 56.3. The summed E-state index contributed by atoms with van der Waals surface area (Å²) in [6.07, 6.45) is 0. The summed E-state index contributed by atoms with van der Waals surface area (Å²) in [4.78, 5) is 0. The molecule has 0 aliphatic rings. The standard InChI is InChI=1S/C62H48/c1-33-13-9-14-34(2)56(33)41-21-23-44-48(27-41)54-31-50-46-25-26-47(59-39(7)19-12-20-40(59)8)61-45-24-22-42(57-35(3)15-10-16-36(57)4)28-49(45)55(62(46)61)32-51(50)53-30-43(29-52(44)60(53)54)58-37(5)17-11-18-38(58)6/h9-32H,1-8H3. The van der Waals surface area contributed by atoms with Crippen LogP contribution in [0.3, 0.4) is 0 Å². The molecule has 0 heterocycles. The van der Waals surface area contributed by atoms with E-state index in [0.29, 0.717) is 0 Å². The molecule has 0 spiro atoms. The monoisotopic (exact) mass is 792 g/mol. The zero-order chi connectivity index (χ0) is 42.3. The lowest BCUT2D eigenvalue weighted by Gasteiger charge is -2.16. The molecule has 0 saturated carbocycles. The molecule has 62 heavy (non-hydrogen) atoms. The first-order chi connectivity index (χ1) is 30.1. The average molecular weight is 793 g/mol. The highest BCUT2D eigenvalue weighted by molar-refractivity contribution is 6.42. The van der Waals surface area contributed by atoms with Crippen molar-refractivity contribution in [1.29, 1.82) is 0 Å². The topological polar surface area (TPSA) is 0 Å². The highest BCUT2D eigenvalue weighted by atomic mass is 14.3. The number of rotatable bonds is 4. The average Bonchev–Trinajstić information content (AvgIpc) is 3.74. The van der Waals surface area contributed by atoms with E-state index in [9.17, 15) is 0 Å². The molecule has 0 bridgehead atoms. The largest absolute Gasteiger partial charge is 0.0617 e. The smallest absolute Gasteiger partial charge is 0.00137 e. The fourth-order valence-corrected chi connectivity index (χ4v) is 11.9. The van der Waals surface area contributed by atoms with Crippen LogP contribution in [0.5, 0.6) is 0 Å².